The third-order valence-corrected chi connectivity index (χ3v) is 4.30. The predicted molar refractivity (Wildman–Crippen MR) is 108 cm³/mol. The zero-order chi connectivity index (χ0) is 18.4. The summed E-state index contributed by atoms with van der Waals surface area (Å²) in [5, 5.41) is 2.85. The Bertz CT molecular complexity index is 725. The predicted octanol–water partition coefficient (Wildman–Crippen LogP) is 4.25. The van der Waals surface area contributed by atoms with Gasteiger partial charge < -0.3 is 11.1 Å². The van der Waals surface area contributed by atoms with Gasteiger partial charge in [0.05, 0.1) is 0 Å². The molecule has 0 aliphatic heterocycles. The van der Waals surface area contributed by atoms with Crippen LogP contribution in [-0.4, -0.2) is 18.2 Å². The molecule has 0 saturated heterocycles. The summed E-state index contributed by atoms with van der Waals surface area (Å²) >= 11 is 0. The van der Waals surface area contributed by atoms with Crippen LogP contribution in [0.2, 0.25) is 0 Å². The Hall–Kier alpha value is -2.17. The number of amides is 1. The first-order chi connectivity index (χ1) is 11.9. The molecule has 1 amide bonds. The first kappa shape index (κ1) is 21.9. The van der Waals surface area contributed by atoms with Crippen LogP contribution in [0, 0.1) is 0 Å². The number of rotatable bonds is 7. The molecule has 0 aliphatic rings. The SMILES string of the molecule is CCC(=O)c1ccc(C(=O)NCC(N)c2ccc(C(C)C)cc2)cc1.Cl. The Morgan fingerprint density at radius 2 is 1.42 bits per heavy atom. The van der Waals surface area contributed by atoms with Gasteiger partial charge in [0, 0.05) is 30.1 Å². The van der Waals surface area contributed by atoms with E-state index >= 15 is 0 Å². The summed E-state index contributed by atoms with van der Waals surface area (Å²) in [6.45, 7) is 6.47. The van der Waals surface area contributed by atoms with Gasteiger partial charge in [-0.15, -0.1) is 12.4 Å². The quantitative estimate of drug-likeness (QED) is 0.711. The van der Waals surface area contributed by atoms with Crippen LogP contribution in [0.5, 0.6) is 0 Å². The van der Waals surface area contributed by atoms with Crippen LogP contribution in [0.25, 0.3) is 0 Å². The average Bonchev–Trinajstić information content (AvgIpc) is 2.65. The van der Waals surface area contributed by atoms with Gasteiger partial charge in [-0.3, -0.25) is 9.59 Å². The Morgan fingerprint density at radius 1 is 0.923 bits per heavy atom. The average molecular weight is 375 g/mol. The Morgan fingerprint density at radius 3 is 1.92 bits per heavy atom. The van der Waals surface area contributed by atoms with E-state index in [-0.39, 0.29) is 30.1 Å². The number of carbonyl (C=O) groups excluding carboxylic acids is 2. The lowest BCUT2D eigenvalue weighted by molar-refractivity contribution is 0.0948. The van der Waals surface area contributed by atoms with Crippen molar-refractivity contribution in [2.24, 2.45) is 5.73 Å². The first-order valence-electron chi connectivity index (χ1n) is 8.69. The molecule has 0 aliphatic carbocycles. The first-order valence-corrected chi connectivity index (χ1v) is 8.69. The highest BCUT2D eigenvalue weighted by Gasteiger charge is 2.11. The van der Waals surface area contributed by atoms with Crippen molar-refractivity contribution in [3.63, 3.8) is 0 Å². The lowest BCUT2D eigenvalue weighted by Crippen LogP contribution is -2.31. The maximum Gasteiger partial charge on any atom is 0.251 e. The van der Waals surface area contributed by atoms with E-state index in [2.05, 4.69) is 31.3 Å². The highest BCUT2D eigenvalue weighted by Crippen LogP contribution is 2.17. The second kappa shape index (κ2) is 10.1. The second-order valence-corrected chi connectivity index (χ2v) is 6.49. The molecule has 2 aromatic carbocycles. The number of hydrogen-bond acceptors (Lipinski definition) is 3. The van der Waals surface area contributed by atoms with Gasteiger partial charge in [-0.25, -0.2) is 0 Å². The summed E-state index contributed by atoms with van der Waals surface area (Å²) < 4.78 is 0. The van der Waals surface area contributed by atoms with Crippen LogP contribution in [0.1, 0.15) is 71.0 Å². The van der Waals surface area contributed by atoms with Gasteiger partial charge in [-0.2, -0.15) is 0 Å². The van der Waals surface area contributed by atoms with Gasteiger partial charge in [0.2, 0.25) is 0 Å². The van der Waals surface area contributed by atoms with E-state index < -0.39 is 0 Å². The van der Waals surface area contributed by atoms with Crippen molar-refractivity contribution < 1.29 is 9.59 Å². The van der Waals surface area contributed by atoms with E-state index in [1.54, 1.807) is 24.3 Å². The van der Waals surface area contributed by atoms with Crippen LogP contribution in [-0.2, 0) is 0 Å². The third-order valence-electron chi connectivity index (χ3n) is 4.30. The lowest BCUT2D eigenvalue weighted by Gasteiger charge is -2.15. The molecule has 0 fully saturated rings. The molecular formula is C21H27ClN2O2. The molecular weight excluding hydrogens is 348 g/mol. The molecule has 0 bridgehead atoms. The number of halogens is 1. The number of Topliss-reactive ketones (excluding diaryl/α,β-unsaturated/α-hetero) is 1. The molecule has 0 heterocycles. The number of hydrogen-bond donors (Lipinski definition) is 2. The van der Waals surface area contributed by atoms with Gasteiger partial charge in [-0.05, 0) is 29.2 Å². The van der Waals surface area contributed by atoms with Gasteiger partial charge in [0.15, 0.2) is 5.78 Å². The van der Waals surface area contributed by atoms with Gasteiger partial charge in [0.1, 0.15) is 0 Å². The molecule has 2 rings (SSSR count). The number of benzene rings is 2. The second-order valence-electron chi connectivity index (χ2n) is 6.49. The fraction of sp³-hybridized carbons (Fsp3) is 0.333. The molecule has 3 N–H and O–H groups in total. The van der Waals surface area contributed by atoms with Crippen LogP contribution in [0.15, 0.2) is 48.5 Å². The van der Waals surface area contributed by atoms with E-state index in [0.29, 0.717) is 30.0 Å². The monoisotopic (exact) mass is 374 g/mol. The molecule has 1 atom stereocenters. The molecule has 0 spiro atoms. The van der Waals surface area contributed by atoms with Gasteiger partial charge >= 0.3 is 0 Å². The van der Waals surface area contributed by atoms with Crippen molar-refractivity contribution in [1.82, 2.24) is 5.32 Å². The standard InChI is InChI=1S/C21H26N2O2.ClH/c1-4-20(24)17-9-11-18(12-10-17)21(25)23-13-19(22)16-7-5-15(6-8-16)14(2)3;/h5-12,14,19H,4,13,22H2,1-3H3,(H,23,25);1H. The van der Waals surface area contributed by atoms with Crippen molar-refractivity contribution in [3.8, 4) is 0 Å². The fourth-order valence-corrected chi connectivity index (χ4v) is 2.56. The summed E-state index contributed by atoms with van der Waals surface area (Å²) in [7, 11) is 0. The minimum absolute atomic E-state index is 0. The summed E-state index contributed by atoms with van der Waals surface area (Å²) in [5.74, 6) is 0.358. The summed E-state index contributed by atoms with van der Waals surface area (Å²) in [6.07, 6.45) is 0.454. The van der Waals surface area contributed by atoms with Gasteiger partial charge in [-0.1, -0.05) is 57.2 Å². The van der Waals surface area contributed by atoms with Crippen molar-refractivity contribution in [2.75, 3.05) is 6.54 Å². The van der Waals surface area contributed by atoms with Gasteiger partial charge in [0.25, 0.3) is 5.91 Å². The molecule has 2 aromatic rings. The summed E-state index contributed by atoms with van der Waals surface area (Å²) in [6, 6.07) is 14.6. The molecule has 1 unspecified atom stereocenters. The van der Waals surface area contributed by atoms with Crippen molar-refractivity contribution in [1.29, 1.82) is 0 Å². The largest absolute Gasteiger partial charge is 0.350 e. The Balaban J connectivity index is 0.00000338. The number of ketones is 1. The molecule has 140 valence electrons. The lowest BCUT2D eigenvalue weighted by atomic mass is 9.99. The van der Waals surface area contributed by atoms with Crippen molar-refractivity contribution in [3.05, 3.63) is 70.8 Å². The number of nitrogens with two attached hydrogens (primary N) is 1. The summed E-state index contributed by atoms with van der Waals surface area (Å²) in [4.78, 5) is 23.8. The highest BCUT2D eigenvalue weighted by molar-refractivity contribution is 5.98. The summed E-state index contributed by atoms with van der Waals surface area (Å²) in [5.41, 5.74) is 9.58. The molecule has 26 heavy (non-hydrogen) atoms. The minimum Gasteiger partial charge on any atom is -0.350 e. The highest BCUT2D eigenvalue weighted by atomic mass is 35.5. The normalized spacial score (nSPS) is 11.6. The number of nitrogens with one attached hydrogen (secondary N) is 1. The minimum atomic E-state index is -0.258. The van der Waals surface area contributed by atoms with E-state index in [1.165, 1.54) is 5.56 Å². The van der Waals surface area contributed by atoms with Crippen molar-refractivity contribution in [2.45, 2.75) is 39.2 Å². The zero-order valence-electron chi connectivity index (χ0n) is 15.5. The number of carbonyl (C=O) groups is 2. The molecule has 5 heteroatoms. The van der Waals surface area contributed by atoms with E-state index in [4.69, 9.17) is 5.73 Å². The maximum atomic E-state index is 12.2. The topological polar surface area (TPSA) is 72.2 Å². The van der Waals surface area contributed by atoms with Crippen LogP contribution < -0.4 is 11.1 Å². The van der Waals surface area contributed by atoms with Crippen LogP contribution in [0.4, 0.5) is 0 Å². The molecule has 0 aromatic heterocycles. The fourth-order valence-electron chi connectivity index (χ4n) is 2.56. The van der Waals surface area contributed by atoms with E-state index in [9.17, 15) is 9.59 Å². The Kier molecular flexibility index (Phi) is 8.49. The Labute approximate surface area is 161 Å². The maximum absolute atomic E-state index is 12.2. The van der Waals surface area contributed by atoms with Crippen LogP contribution in [0.3, 0.4) is 0 Å². The molecule has 0 radical (unpaired) electrons. The van der Waals surface area contributed by atoms with E-state index in [1.807, 2.05) is 19.1 Å². The third kappa shape index (κ3) is 5.68. The molecule has 4 nitrogen and oxygen atoms in total. The van der Waals surface area contributed by atoms with Crippen LogP contribution >= 0.6 is 12.4 Å². The smallest absolute Gasteiger partial charge is 0.251 e. The van der Waals surface area contributed by atoms with Crippen molar-refractivity contribution >= 4 is 24.1 Å². The van der Waals surface area contributed by atoms with E-state index in [0.717, 1.165) is 5.56 Å². The molecule has 0 saturated carbocycles. The zero-order valence-corrected chi connectivity index (χ0v) is 16.3.